The molecule has 5 aliphatic rings. The Bertz CT molecular complexity index is 971. The van der Waals surface area contributed by atoms with Gasteiger partial charge in [-0.2, -0.15) is 0 Å². The van der Waals surface area contributed by atoms with Crippen LogP contribution in [0.15, 0.2) is 12.1 Å². The lowest BCUT2D eigenvalue weighted by molar-refractivity contribution is -0.191. The van der Waals surface area contributed by atoms with Crippen LogP contribution in [0.5, 0.6) is 11.5 Å². The van der Waals surface area contributed by atoms with Gasteiger partial charge in [0, 0.05) is 24.2 Å². The monoisotopic (exact) mass is 470 g/mol. The van der Waals surface area contributed by atoms with E-state index in [0.717, 1.165) is 56.2 Å². The summed E-state index contributed by atoms with van der Waals surface area (Å²) in [6.07, 6.45) is 6.37. The van der Waals surface area contributed by atoms with E-state index in [-0.39, 0.29) is 28.6 Å². The molecule has 1 saturated heterocycles. The molecule has 0 aromatic heterocycles. The molecule has 3 aliphatic carbocycles. The third-order valence-corrected chi connectivity index (χ3v) is 14.6. The van der Waals surface area contributed by atoms with Crippen LogP contribution in [0, 0.1) is 5.92 Å². The van der Waals surface area contributed by atoms with E-state index in [4.69, 9.17) is 9.16 Å². The predicted octanol–water partition coefficient (Wildman–Crippen LogP) is 4.22. The largest absolute Gasteiger partial charge is 0.541 e. The average Bonchev–Trinajstić information content (AvgIpc) is 3.48. The van der Waals surface area contributed by atoms with Crippen molar-refractivity contribution in [3.8, 4) is 11.5 Å². The van der Waals surface area contributed by atoms with Crippen molar-refractivity contribution in [3.63, 3.8) is 0 Å². The molecule has 0 radical (unpaired) electrons. The number of likely N-dealkylation sites (tertiary alicyclic amines) is 1. The molecule has 2 heterocycles. The van der Waals surface area contributed by atoms with Crippen LogP contribution in [-0.2, 0) is 11.8 Å². The van der Waals surface area contributed by atoms with Gasteiger partial charge in [0.1, 0.15) is 11.9 Å². The smallest absolute Gasteiger partial charge is 0.250 e. The van der Waals surface area contributed by atoms with E-state index < -0.39 is 13.9 Å². The van der Waals surface area contributed by atoms with Gasteiger partial charge in [0.15, 0.2) is 5.75 Å². The summed E-state index contributed by atoms with van der Waals surface area (Å²) >= 11 is 0. The molecule has 6 rings (SSSR count). The van der Waals surface area contributed by atoms with Gasteiger partial charge >= 0.3 is 0 Å². The Hall–Kier alpha value is -1.08. The molecule has 182 valence electrons. The number of hydrogen-bond acceptors (Lipinski definition) is 5. The number of nitrogens with zero attached hydrogens (tertiary/aromatic N) is 1. The van der Waals surface area contributed by atoms with Crippen molar-refractivity contribution < 1.29 is 14.3 Å². The maximum atomic E-state index is 12.6. The second-order valence-corrected chi connectivity index (χ2v) is 17.8. The van der Waals surface area contributed by atoms with Gasteiger partial charge in [0.25, 0.3) is 8.32 Å². The Morgan fingerprint density at radius 3 is 2.64 bits per heavy atom. The van der Waals surface area contributed by atoms with Gasteiger partial charge < -0.3 is 19.6 Å². The van der Waals surface area contributed by atoms with Gasteiger partial charge in [-0.3, -0.25) is 4.90 Å². The minimum absolute atomic E-state index is 0.0370. The molecule has 5 atom stereocenters. The van der Waals surface area contributed by atoms with Crippen molar-refractivity contribution in [3.05, 3.63) is 23.3 Å². The van der Waals surface area contributed by atoms with E-state index in [2.05, 4.69) is 63.3 Å². The number of ether oxygens (including phenoxy) is 1. The van der Waals surface area contributed by atoms with Gasteiger partial charge in [-0.15, -0.1) is 0 Å². The summed E-state index contributed by atoms with van der Waals surface area (Å²) in [7, 11) is 0.0295. The standard InChI is InChI=1S/C27H42N2O3Si/c1-25(2,3)33(5,6)32-20-10-9-18-15-21-27(30)12-11-19(28-4)24-26(27,22(18)23(20)31-24)13-14-29(21)16-17-7-8-17/h9-10,17,19,21,24,28,30H,7-8,11-16H2,1-6H3/t19-,21+,24-,26-,27+/m0/s1. The van der Waals surface area contributed by atoms with Gasteiger partial charge in [-0.1, -0.05) is 26.8 Å². The number of benzene rings is 1. The SMILES string of the molecule is CN[C@H]1CC[C@@]2(O)[C@H]3Cc4ccc(O[Si](C)(C)C(C)(C)C)c5c4[C@@]2(CCN3CC2CC2)[C@H]1O5. The fraction of sp³-hybridized carbons (Fsp3) is 0.778. The lowest BCUT2D eigenvalue weighted by atomic mass is 9.48. The van der Waals surface area contributed by atoms with Crippen molar-refractivity contribution in [2.45, 2.75) is 107 Å². The van der Waals surface area contributed by atoms with E-state index in [9.17, 15) is 5.11 Å². The molecule has 6 heteroatoms. The topological polar surface area (TPSA) is 54.0 Å². The molecule has 2 saturated carbocycles. The van der Waals surface area contributed by atoms with Crippen LogP contribution in [0.1, 0.15) is 64.0 Å². The van der Waals surface area contributed by atoms with Gasteiger partial charge in [-0.25, -0.2) is 0 Å². The highest BCUT2D eigenvalue weighted by Crippen LogP contribution is 2.66. The van der Waals surface area contributed by atoms with Gasteiger partial charge in [0.05, 0.1) is 11.0 Å². The van der Waals surface area contributed by atoms with Crippen molar-refractivity contribution in [2.75, 3.05) is 20.1 Å². The molecule has 0 amide bonds. The lowest BCUT2D eigenvalue weighted by Gasteiger charge is -2.64. The van der Waals surface area contributed by atoms with E-state index in [1.807, 2.05) is 0 Å². The summed E-state index contributed by atoms with van der Waals surface area (Å²) in [5.74, 6) is 2.68. The highest BCUT2D eigenvalue weighted by Gasteiger charge is 2.73. The number of rotatable bonds is 5. The highest BCUT2D eigenvalue weighted by atomic mass is 28.4. The molecular formula is C27H42N2O3Si. The van der Waals surface area contributed by atoms with E-state index in [1.165, 1.54) is 24.0 Å². The normalized spacial score (nSPS) is 37.5. The first-order valence-electron chi connectivity index (χ1n) is 13.2. The second kappa shape index (κ2) is 6.99. The van der Waals surface area contributed by atoms with Crippen LogP contribution in [0.4, 0.5) is 0 Å². The molecule has 1 spiro atoms. The Balaban J connectivity index is 1.49. The zero-order chi connectivity index (χ0) is 23.4. The first-order valence-corrected chi connectivity index (χ1v) is 16.1. The summed E-state index contributed by atoms with van der Waals surface area (Å²) < 4.78 is 13.8. The van der Waals surface area contributed by atoms with Crippen LogP contribution < -0.4 is 14.5 Å². The van der Waals surface area contributed by atoms with Crippen LogP contribution in [-0.4, -0.2) is 62.2 Å². The zero-order valence-corrected chi connectivity index (χ0v) is 22.3. The second-order valence-electron chi connectivity index (χ2n) is 13.1. The first-order chi connectivity index (χ1) is 15.5. The van der Waals surface area contributed by atoms with E-state index >= 15 is 0 Å². The molecule has 1 aromatic carbocycles. The molecular weight excluding hydrogens is 428 g/mol. The van der Waals surface area contributed by atoms with Crippen LogP contribution in [0.3, 0.4) is 0 Å². The Morgan fingerprint density at radius 2 is 1.97 bits per heavy atom. The summed E-state index contributed by atoms with van der Waals surface area (Å²) in [6.45, 7) is 13.7. The number of hydrogen-bond donors (Lipinski definition) is 2. The van der Waals surface area contributed by atoms with Crippen molar-refractivity contribution in [2.24, 2.45) is 5.92 Å². The predicted molar refractivity (Wildman–Crippen MR) is 134 cm³/mol. The third-order valence-electron chi connectivity index (χ3n) is 10.3. The third kappa shape index (κ3) is 2.93. The number of nitrogens with one attached hydrogen (secondary N) is 1. The Kier molecular flexibility index (Phi) is 4.74. The van der Waals surface area contributed by atoms with Gasteiger partial charge in [-0.05, 0) is 87.8 Å². The Morgan fingerprint density at radius 1 is 1.21 bits per heavy atom. The van der Waals surface area contributed by atoms with E-state index in [0.29, 0.717) is 0 Å². The lowest BCUT2D eigenvalue weighted by Crippen LogP contribution is -2.78. The minimum Gasteiger partial charge on any atom is -0.541 e. The number of aliphatic hydroxyl groups is 1. The average molecular weight is 471 g/mol. The fourth-order valence-corrected chi connectivity index (χ4v) is 8.29. The zero-order valence-electron chi connectivity index (χ0n) is 21.3. The molecule has 3 fully saturated rings. The minimum atomic E-state index is -2.02. The quantitative estimate of drug-likeness (QED) is 0.631. The fourth-order valence-electron chi connectivity index (χ4n) is 7.28. The maximum Gasteiger partial charge on any atom is 0.250 e. The van der Waals surface area contributed by atoms with Crippen LogP contribution in [0.2, 0.25) is 18.1 Å². The van der Waals surface area contributed by atoms with Gasteiger partial charge in [0.2, 0.25) is 0 Å². The molecule has 0 unspecified atom stereocenters. The van der Waals surface area contributed by atoms with Crippen molar-refractivity contribution in [1.29, 1.82) is 0 Å². The molecule has 2 N–H and O–H groups in total. The number of piperidine rings is 1. The number of likely N-dealkylation sites (N-methyl/N-ethyl adjacent to an activating group) is 1. The first kappa shape index (κ1) is 22.4. The molecule has 1 aromatic rings. The maximum absolute atomic E-state index is 12.6. The van der Waals surface area contributed by atoms with E-state index in [1.54, 1.807) is 0 Å². The highest BCUT2D eigenvalue weighted by molar-refractivity contribution is 6.74. The summed E-state index contributed by atoms with van der Waals surface area (Å²) in [5, 5.41) is 16.3. The molecule has 5 nitrogen and oxygen atoms in total. The molecule has 2 bridgehead atoms. The summed E-state index contributed by atoms with van der Waals surface area (Å²) in [5.41, 5.74) is 1.60. The van der Waals surface area contributed by atoms with Crippen LogP contribution >= 0.6 is 0 Å². The molecule has 2 aliphatic heterocycles. The summed E-state index contributed by atoms with van der Waals surface area (Å²) in [6, 6.07) is 4.91. The summed E-state index contributed by atoms with van der Waals surface area (Å²) in [4.78, 5) is 2.64. The van der Waals surface area contributed by atoms with Crippen molar-refractivity contribution in [1.82, 2.24) is 10.2 Å². The van der Waals surface area contributed by atoms with Crippen molar-refractivity contribution >= 4 is 8.32 Å². The molecule has 33 heavy (non-hydrogen) atoms. The van der Waals surface area contributed by atoms with Crippen LogP contribution in [0.25, 0.3) is 0 Å². The Labute approximate surface area is 200 Å².